The van der Waals surface area contributed by atoms with Gasteiger partial charge in [0.2, 0.25) is 5.91 Å². The van der Waals surface area contributed by atoms with Crippen molar-refractivity contribution in [2.24, 2.45) is 0 Å². The zero-order valence-corrected chi connectivity index (χ0v) is 14.5. The summed E-state index contributed by atoms with van der Waals surface area (Å²) < 4.78 is 2.02. The summed E-state index contributed by atoms with van der Waals surface area (Å²) in [5.41, 5.74) is 2.23. The summed E-state index contributed by atoms with van der Waals surface area (Å²) in [4.78, 5) is 21.3. The van der Waals surface area contributed by atoms with E-state index >= 15 is 0 Å². The molecule has 1 unspecified atom stereocenters. The van der Waals surface area contributed by atoms with E-state index in [-0.39, 0.29) is 5.91 Å². The quantitative estimate of drug-likeness (QED) is 0.809. The smallest absolute Gasteiger partial charge is 0.217 e. The van der Waals surface area contributed by atoms with Crippen LogP contribution in [0.25, 0.3) is 0 Å². The van der Waals surface area contributed by atoms with Crippen molar-refractivity contribution in [3.63, 3.8) is 0 Å². The number of aromatic nitrogens is 4. The minimum absolute atomic E-state index is 0.0261. The first kappa shape index (κ1) is 16.7. The molecule has 3 heterocycles. The van der Waals surface area contributed by atoms with Gasteiger partial charge in [-0.25, -0.2) is 4.98 Å². The molecule has 1 amide bonds. The topological polar surface area (TPSA) is 78.8 Å². The van der Waals surface area contributed by atoms with Gasteiger partial charge in [0.15, 0.2) is 0 Å². The largest absolute Gasteiger partial charge is 0.351 e. The Hall–Kier alpha value is -2.15. The van der Waals surface area contributed by atoms with Gasteiger partial charge in [-0.3, -0.25) is 14.4 Å². The monoisotopic (exact) mass is 330 g/mol. The summed E-state index contributed by atoms with van der Waals surface area (Å²) in [6.07, 6.45) is 8.15. The third-order valence-corrected chi connectivity index (χ3v) is 4.38. The molecule has 2 aromatic rings. The van der Waals surface area contributed by atoms with Gasteiger partial charge >= 0.3 is 0 Å². The number of nitrogens with one attached hydrogen (secondary N) is 2. The Balaban J connectivity index is 1.52. The molecule has 130 valence electrons. The summed E-state index contributed by atoms with van der Waals surface area (Å²) in [7, 11) is 0. The fourth-order valence-electron chi connectivity index (χ4n) is 3.19. The Bertz CT molecular complexity index is 676. The van der Waals surface area contributed by atoms with Gasteiger partial charge in [-0.05, 0) is 19.4 Å². The third-order valence-electron chi connectivity index (χ3n) is 4.38. The predicted molar refractivity (Wildman–Crippen MR) is 91.3 cm³/mol. The van der Waals surface area contributed by atoms with E-state index in [0.29, 0.717) is 12.5 Å². The highest BCUT2D eigenvalue weighted by Gasteiger charge is 2.26. The highest BCUT2D eigenvalue weighted by molar-refractivity contribution is 5.72. The highest BCUT2D eigenvalue weighted by Crippen LogP contribution is 2.26. The number of nitrogens with zero attached hydrogens (tertiary/aromatic N) is 4. The number of likely N-dealkylation sites (tertiary alicyclic amines) is 1. The van der Waals surface area contributed by atoms with Crippen molar-refractivity contribution < 1.29 is 4.79 Å². The molecule has 1 aliphatic heterocycles. The fraction of sp³-hybridized carbons (Fsp3) is 0.588. The maximum atomic E-state index is 11.0. The number of carbonyl (C=O) groups excluding carboxylic acids is 1. The zero-order chi connectivity index (χ0) is 16.9. The maximum Gasteiger partial charge on any atom is 0.217 e. The number of rotatable bonds is 7. The molecule has 0 aromatic carbocycles. The molecule has 0 aliphatic carbocycles. The second-order valence-corrected chi connectivity index (χ2v) is 6.54. The average molecular weight is 330 g/mol. The zero-order valence-electron chi connectivity index (χ0n) is 14.5. The van der Waals surface area contributed by atoms with Gasteiger partial charge in [0.25, 0.3) is 0 Å². The van der Waals surface area contributed by atoms with Crippen LogP contribution < -0.4 is 5.32 Å². The molecule has 1 saturated heterocycles. The first-order chi connectivity index (χ1) is 11.6. The molecule has 0 radical (unpaired) electrons. The molecule has 1 aliphatic rings. The summed E-state index contributed by atoms with van der Waals surface area (Å²) in [6, 6.07) is 0. The Morgan fingerprint density at radius 2 is 2.33 bits per heavy atom. The number of aryl methyl sites for hydroxylation is 1. The Labute approximate surface area is 142 Å². The number of hydrogen-bond donors (Lipinski definition) is 2. The molecule has 1 atom stereocenters. The van der Waals surface area contributed by atoms with E-state index < -0.39 is 0 Å². The van der Waals surface area contributed by atoms with Gasteiger partial charge in [-0.1, -0.05) is 6.92 Å². The van der Waals surface area contributed by atoms with E-state index in [1.54, 1.807) is 0 Å². The molecule has 1 fully saturated rings. The molecule has 0 saturated carbocycles. The van der Waals surface area contributed by atoms with Crippen LogP contribution in [0, 0.1) is 0 Å². The molecule has 7 heteroatoms. The number of amides is 1. The van der Waals surface area contributed by atoms with Crippen LogP contribution in [-0.2, 0) is 24.4 Å². The van der Waals surface area contributed by atoms with E-state index in [4.69, 9.17) is 0 Å². The van der Waals surface area contributed by atoms with Crippen LogP contribution in [-0.4, -0.2) is 43.6 Å². The summed E-state index contributed by atoms with van der Waals surface area (Å²) in [6.45, 7) is 8.20. The average Bonchev–Trinajstić information content (AvgIpc) is 3.27. The van der Waals surface area contributed by atoms with Crippen molar-refractivity contribution in [1.29, 1.82) is 0 Å². The molecule has 0 bridgehead atoms. The van der Waals surface area contributed by atoms with E-state index in [1.165, 1.54) is 12.5 Å². The number of H-pyrrole nitrogens is 1. The minimum Gasteiger partial charge on any atom is -0.351 e. The molecular weight excluding hydrogens is 304 g/mol. The van der Waals surface area contributed by atoms with Crippen molar-refractivity contribution in [3.8, 4) is 0 Å². The molecule has 7 nitrogen and oxygen atoms in total. The molecule has 3 rings (SSSR count). The fourth-order valence-corrected chi connectivity index (χ4v) is 3.19. The standard InChI is InChI=1S/C17H26N6O/c1-3-5-23-11-14(7-20-23)10-22-6-4-15(12-22)17-19-9-16(21-17)8-18-13(2)24/h7,9,11,15H,3-6,8,10,12H2,1-2H3,(H,18,24)(H,19,21). The van der Waals surface area contributed by atoms with Gasteiger partial charge in [-0.15, -0.1) is 0 Å². The Morgan fingerprint density at radius 1 is 1.46 bits per heavy atom. The number of imidazole rings is 1. The lowest BCUT2D eigenvalue weighted by molar-refractivity contribution is -0.119. The van der Waals surface area contributed by atoms with Crippen LogP contribution in [0.4, 0.5) is 0 Å². The van der Waals surface area contributed by atoms with Crippen molar-refractivity contribution in [2.75, 3.05) is 13.1 Å². The van der Waals surface area contributed by atoms with Crippen molar-refractivity contribution >= 4 is 5.91 Å². The first-order valence-electron chi connectivity index (χ1n) is 8.66. The lowest BCUT2D eigenvalue weighted by Gasteiger charge is -2.14. The second kappa shape index (κ2) is 7.61. The van der Waals surface area contributed by atoms with Crippen LogP contribution in [0.3, 0.4) is 0 Å². The van der Waals surface area contributed by atoms with E-state index in [9.17, 15) is 4.79 Å². The lowest BCUT2D eigenvalue weighted by Crippen LogP contribution is -2.20. The van der Waals surface area contributed by atoms with Crippen molar-refractivity contribution in [1.82, 2.24) is 30.0 Å². The van der Waals surface area contributed by atoms with E-state index in [1.807, 2.05) is 17.1 Å². The van der Waals surface area contributed by atoms with Gasteiger partial charge in [0.1, 0.15) is 5.82 Å². The van der Waals surface area contributed by atoms with Gasteiger partial charge in [-0.2, -0.15) is 5.10 Å². The summed E-state index contributed by atoms with van der Waals surface area (Å²) in [5.74, 6) is 1.43. The third kappa shape index (κ3) is 4.23. The van der Waals surface area contributed by atoms with Crippen LogP contribution in [0.1, 0.15) is 49.7 Å². The SMILES string of the molecule is CCCn1cc(CN2CCC(c3ncc(CNC(C)=O)[nH]3)C2)cn1. The number of hydrogen-bond acceptors (Lipinski definition) is 4. The van der Waals surface area contributed by atoms with Gasteiger partial charge in [0, 0.05) is 44.2 Å². The highest BCUT2D eigenvalue weighted by atomic mass is 16.1. The molecule has 2 N–H and O–H groups in total. The first-order valence-corrected chi connectivity index (χ1v) is 8.66. The van der Waals surface area contributed by atoms with Crippen molar-refractivity contribution in [3.05, 3.63) is 35.7 Å². The van der Waals surface area contributed by atoms with E-state index in [0.717, 1.165) is 50.5 Å². The maximum absolute atomic E-state index is 11.0. The summed E-state index contributed by atoms with van der Waals surface area (Å²) in [5, 5.41) is 7.19. The minimum atomic E-state index is -0.0261. The molecular formula is C17H26N6O. The Morgan fingerprint density at radius 3 is 3.12 bits per heavy atom. The molecule has 2 aromatic heterocycles. The van der Waals surface area contributed by atoms with Crippen LogP contribution in [0.2, 0.25) is 0 Å². The predicted octanol–water partition coefficient (Wildman–Crippen LogP) is 1.64. The van der Waals surface area contributed by atoms with E-state index in [2.05, 4.69) is 38.4 Å². The van der Waals surface area contributed by atoms with Crippen molar-refractivity contribution in [2.45, 2.75) is 52.2 Å². The van der Waals surface area contributed by atoms with Crippen LogP contribution >= 0.6 is 0 Å². The lowest BCUT2D eigenvalue weighted by atomic mass is 10.1. The summed E-state index contributed by atoms with van der Waals surface area (Å²) >= 11 is 0. The van der Waals surface area contributed by atoms with Gasteiger partial charge < -0.3 is 10.3 Å². The normalized spacial score (nSPS) is 18.2. The number of aromatic amines is 1. The van der Waals surface area contributed by atoms with Crippen LogP contribution in [0.5, 0.6) is 0 Å². The number of carbonyl (C=O) groups is 1. The Kier molecular flexibility index (Phi) is 5.30. The molecule has 0 spiro atoms. The second-order valence-electron chi connectivity index (χ2n) is 6.54. The van der Waals surface area contributed by atoms with Crippen LogP contribution in [0.15, 0.2) is 18.6 Å². The van der Waals surface area contributed by atoms with Gasteiger partial charge in [0.05, 0.1) is 24.6 Å². The molecule has 24 heavy (non-hydrogen) atoms.